The Balaban J connectivity index is 4.55. The monoisotopic (exact) mass is 816 g/mol. The van der Waals surface area contributed by atoms with E-state index in [1.54, 1.807) is 0 Å². The molecule has 0 N–H and O–H groups in total. The first-order valence-corrected chi connectivity index (χ1v) is 22.9. The number of hydrogen-bond acceptors (Lipinski definition) is 8. The van der Waals surface area contributed by atoms with Crippen LogP contribution in [-0.4, -0.2) is 70.0 Å². The Morgan fingerprint density at radius 2 is 1.04 bits per heavy atom. The van der Waals surface area contributed by atoms with Crippen molar-refractivity contribution < 1.29 is 42.1 Å². The molecule has 0 fully saturated rings. The number of hydrogen-bond donors (Lipinski definition) is 0. The standard InChI is InChI=1S/C47H78NO8P/c1-6-8-10-12-14-16-18-20-22-23-24-25-26-28-30-32-34-36-38-40-47(50)56-45(44-55-57(51,52)54-42-41-48(3,4)5)43-53-46(49)39-37-35-33-31-29-27-21-19-17-15-13-11-9-7-2/h8,10,13-16,19-22,24-25,28,30,34,36,45H,6-7,9,11-12,17-18,23,26-27,29,31-33,35,37-44H2,1-5H3/b10-8+,15-13+,16-14+,21-19+,22-20+,25-24+,30-28+,36-34+/t45-/m1/s1. The number of carbonyl (C=O) groups excluding carboxylic acids is 2. The molecular weight excluding hydrogens is 737 g/mol. The quantitative estimate of drug-likeness (QED) is 0.0200. The van der Waals surface area contributed by atoms with Crippen molar-refractivity contribution in [3.8, 4) is 0 Å². The summed E-state index contributed by atoms with van der Waals surface area (Å²) >= 11 is 0. The SMILES string of the molecule is CC/C=C/C/C=C/C/C=C/C/C=C/C/C=C/C/C=C/CCC(=O)O[C@H](COC(=O)CCCCCCC/C=C/C/C=C/CCCC)COP(=O)([O-])OCC[N+](C)(C)C. The molecule has 324 valence electrons. The molecule has 0 aliphatic rings. The van der Waals surface area contributed by atoms with Gasteiger partial charge in [-0.1, -0.05) is 143 Å². The van der Waals surface area contributed by atoms with Crippen LogP contribution in [0.3, 0.4) is 0 Å². The van der Waals surface area contributed by atoms with Crippen LogP contribution < -0.4 is 4.89 Å². The highest BCUT2D eigenvalue weighted by atomic mass is 31.2. The third-order valence-electron chi connectivity index (χ3n) is 8.35. The van der Waals surface area contributed by atoms with Gasteiger partial charge in [0.25, 0.3) is 7.82 Å². The first-order chi connectivity index (χ1) is 27.5. The minimum Gasteiger partial charge on any atom is -0.756 e. The Morgan fingerprint density at radius 3 is 1.56 bits per heavy atom. The van der Waals surface area contributed by atoms with Gasteiger partial charge in [-0.15, -0.1) is 0 Å². The van der Waals surface area contributed by atoms with Gasteiger partial charge in [-0.25, -0.2) is 0 Å². The number of allylic oxidation sites excluding steroid dienone is 16. The fourth-order valence-corrected chi connectivity index (χ4v) is 5.72. The van der Waals surface area contributed by atoms with Crippen LogP contribution in [-0.2, 0) is 32.7 Å². The number of phosphoric ester groups is 1. The number of nitrogens with zero attached hydrogens (tertiary/aromatic N) is 1. The molecule has 0 saturated carbocycles. The Labute approximate surface area is 347 Å². The average molecular weight is 816 g/mol. The largest absolute Gasteiger partial charge is 0.756 e. The van der Waals surface area contributed by atoms with E-state index >= 15 is 0 Å². The van der Waals surface area contributed by atoms with Crippen molar-refractivity contribution in [2.45, 2.75) is 142 Å². The normalized spacial score (nSPS) is 14.6. The van der Waals surface area contributed by atoms with Crippen LogP contribution in [0.2, 0.25) is 0 Å². The summed E-state index contributed by atoms with van der Waals surface area (Å²) in [4.78, 5) is 37.5. The zero-order chi connectivity index (χ0) is 42.1. The number of esters is 2. The van der Waals surface area contributed by atoms with Gasteiger partial charge in [0.1, 0.15) is 19.8 Å². The maximum absolute atomic E-state index is 12.6. The molecule has 0 bridgehead atoms. The van der Waals surface area contributed by atoms with Crippen molar-refractivity contribution in [2.24, 2.45) is 0 Å². The van der Waals surface area contributed by atoms with Crippen molar-refractivity contribution in [3.05, 3.63) is 97.2 Å². The number of carbonyl (C=O) groups is 2. The van der Waals surface area contributed by atoms with Gasteiger partial charge in [-0.05, 0) is 77.0 Å². The van der Waals surface area contributed by atoms with E-state index in [9.17, 15) is 19.0 Å². The number of unbranched alkanes of at least 4 members (excludes halogenated alkanes) is 7. The fourth-order valence-electron chi connectivity index (χ4n) is 4.99. The second kappa shape index (κ2) is 38.4. The summed E-state index contributed by atoms with van der Waals surface area (Å²) in [6.07, 6.45) is 50.2. The molecule has 0 rings (SSSR count). The average Bonchev–Trinajstić information content (AvgIpc) is 3.16. The van der Waals surface area contributed by atoms with Crippen LogP contribution in [0.25, 0.3) is 0 Å². The minimum atomic E-state index is -4.65. The van der Waals surface area contributed by atoms with Crippen molar-refractivity contribution in [1.29, 1.82) is 0 Å². The first-order valence-electron chi connectivity index (χ1n) is 21.4. The van der Waals surface area contributed by atoms with Crippen LogP contribution in [0, 0.1) is 0 Å². The molecule has 9 nitrogen and oxygen atoms in total. The maximum atomic E-state index is 12.6. The smallest absolute Gasteiger partial charge is 0.306 e. The molecule has 0 aromatic heterocycles. The van der Waals surface area contributed by atoms with Gasteiger partial charge < -0.3 is 27.9 Å². The maximum Gasteiger partial charge on any atom is 0.306 e. The molecule has 0 aliphatic heterocycles. The van der Waals surface area contributed by atoms with E-state index in [0.29, 0.717) is 23.9 Å². The van der Waals surface area contributed by atoms with E-state index in [4.69, 9.17) is 18.5 Å². The zero-order valence-corrected chi connectivity index (χ0v) is 37.1. The van der Waals surface area contributed by atoms with Crippen LogP contribution in [0.1, 0.15) is 136 Å². The predicted octanol–water partition coefficient (Wildman–Crippen LogP) is 11.6. The van der Waals surface area contributed by atoms with Crippen molar-refractivity contribution in [3.63, 3.8) is 0 Å². The summed E-state index contributed by atoms with van der Waals surface area (Å²) < 4.78 is 33.7. The van der Waals surface area contributed by atoms with E-state index in [1.807, 2.05) is 33.3 Å². The van der Waals surface area contributed by atoms with E-state index in [0.717, 1.165) is 83.5 Å². The second-order valence-corrected chi connectivity index (χ2v) is 16.4. The highest BCUT2D eigenvalue weighted by Gasteiger charge is 2.21. The first kappa shape index (κ1) is 53.9. The van der Waals surface area contributed by atoms with E-state index in [1.165, 1.54) is 12.8 Å². The Kier molecular flexibility index (Phi) is 36.4. The summed E-state index contributed by atoms with van der Waals surface area (Å²) in [5, 5.41) is 0. The molecule has 2 atom stereocenters. The van der Waals surface area contributed by atoms with Gasteiger partial charge in [-0.3, -0.25) is 14.2 Å². The number of ether oxygens (including phenoxy) is 2. The highest BCUT2D eigenvalue weighted by Crippen LogP contribution is 2.38. The zero-order valence-electron chi connectivity index (χ0n) is 36.2. The summed E-state index contributed by atoms with van der Waals surface area (Å²) in [7, 11) is 1.09. The molecule has 0 heterocycles. The lowest BCUT2D eigenvalue weighted by Crippen LogP contribution is -2.37. The third kappa shape index (κ3) is 42.4. The van der Waals surface area contributed by atoms with Gasteiger partial charge in [-0.2, -0.15) is 0 Å². The second-order valence-electron chi connectivity index (χ2n) is 15.0. The predicted molar refractivity (Wildman–Crippen MR) is 235 cm³/mol. The minimum absolute atomic E-state index is 0.0524. The summed E-state index contributed by atoms with van der Waals surface area (Å²) in [5.74, 6) is -0.961. The topological polar surface area (TPSA) is 111 Å². The molecular formula is C47H78NO8P. The van der Waals surface area contributed by atoms with Gasteiger partial charge in [0.05, 0.1) is 27.7 Å². The van der Waals surface area contributed by atoms with Gasteiger partial charge in [0.2, 0.25) is 0 Å². The number of likely N-dealkylation sites (N-methyl/N-ethyl adjacent to an activating group) is 1. The van der Waals surface area contributed by atoms with E-state index in [2.05, 4.69) is 98.9 Å². The molecule has 10 heteroatoms. The molecule has 0 amide bonds. The van der Waals surface area contributed by atoms with E-state index < -0.39 is 32.5 Å². The highest BCUT2D eigenvalue weighted by molar-refractivity contribution is 7.45. The van der Waals surface area contributed by atoms with Crippen molar-refractivity contribution in [2.75, 3.05) is 47.5 Å². The lowest BCUT2D eigenvalue weighted by atomic mass is 10.1. The van der Waals surface area contributed by atoms with Gasteiger partial charge >= 0.3 is 11.9 Å². The van der Waals surface area contributed by atoms with Crippen LogP contribution >= 0.6 is 7.82 Å². The number of rotatable bonds is 37. The molecule has 0 aromatic carbocycles. The Hall–Kier alpha value is -3.07. The molecule has 1 unspecified atom stereocenters. The molecule has 0 aromatic rings. The Morgan fingerprint density at radius 1 is 0.561 bits per heavy atom. The molecule has 0 saturated heterocycles. The lowest BCUT2D eigenvalue weighted by molar-refractivity contribution is -0.870. The van der Waals surface area contributed by atoms with E-state index in [-0.39, 0.29) is 26.1 Å². The molecule has 57 heavy (non-hydrogen) atoms. The number of phosphoric acid groups is 1. The lowest BCUT2D eigenvalue weighted by Gasteiger charge is -2.28. The van der Waals surface area contributed by atoms with Crippen molar-refractivity contribution >= 4 is 19.8 Å². The Bertz CT molecular complexity index is 1290. The van der Waals surface area contributed by atoms with Crippen LogP contribution in [0.5, 0.6) is 0 Å². The van der Waals surface area contributed by atoms with Gasteiger partial charge in [0, 0.05) is 12.8 Å². The van der Waals surface area contributed by atoms with Gasteiger partial charge in [0.15, 0.2) is 6.10 Å². The summed E-state index contributed by atoms with van der Waals surface area (Å²) in [6, 6.07) is 0. The van der Waals surface area contributed by atoms with Crippen LogP contribution in [0.15, 0.2) is 97.2 Å². The summed E-state index contributed by atoms with van der Waals surface area (Å²) in [5.41, 5.74) is 0. The third-order valence-corrected chi connectivity index (χ3v) is 9.32. The fraction of sp³-hybridized carbons (Fsp3) is 0.617. The molecule has 0 spiro atoms. The number of quaternary nitrogens is 1. The summed E-state index contributed by atoms with van der Waals surface area (Å²) in [6.45, 7) is 3.93. The van der Waals surface area contributed by atoms with Crippen molar-refractivity contribution in [1.82, 2.24) is 0 Å². The van der Waals surface area contributed by atoms with Crippen LogP contribution in [0.4, 0.5) is 0 Å². The molecule has 0 radical (unpaired) electrons. The molecule has 0 aliphatic carbocycles.